The van der Waals surface area contributed by atoms with E-state index < -0.39 is 5.60 Å². The molecule has 0 spiro atoms. The average molecular weight is 314 g/mol. The van der Waals surface area contributed by atoms with Crippen molar-refractivity contribution in [1.29, 1.82) is 0 Å². The van der Waals surface area contributed by atoms with Crippen LogP contribution in [0.4, 0.5) is 4.79 Å². The molecular formula is C15H30N4O3. The number of likely N-dealkylation sites (tertiary alicyclic amines) is 1. The molecule has 1 saturated heterocycles. The van der Waals surface area contributed by atoms with Crippen molar-refractivity contribution in [2.24, 2.45) is 4.99 Å². The van der Waals surface area contributed by atoms with Crippen LogP contribution in [0.5, 0.6) is 0 Å². The van der Waals surface area contributed by atoms with Gasteiger partial charge in [0, 0.05) is 33.8 Å². The van der Waals surface area contributed by atoms with Gasteiger partial charge >= 0.3 is 6.09 Å². The molecule has 0 aromatic carbocycles. The molecule has 1 aliphatic heterocycles. The number of ether oxygens (including phenoxy) is 2. The van der Waals surface area contributed by atoms with Crippen LogP contribution in [0.1, 0.15) is 34.6 Å². The van der Waals surface area contributed by atoms with Gasteiger partial charge in [-0.2, -0.15) is 0 Å². The fourth-order valence-electron chi connectivity index (χ4n) is 1.80. The lowest BCUT2D eigenvalue weighted by atomic mass is 10.1. The van der Waals surface area contributed by atoms with E-state index >= 15 is 0 Å². The van der Waals surface area contributed by atoms with Crippen molar-refractivity contribution in [3.05, 3.63) is 0 Å². The summed E-state index contributed by atoms with van der Waals surface area (Å²) in [7, 11) is 3.40. The van der Waals surface area contributed by atoms with Gasteiger partial charge in [-0.3, -0.25) is 4.99 Å². The minimum atomic E-state index is -0.459. The lowest BCUT2D eigenvalue weighted by Gasteiger charge is -2.40. The number of rotatable bonds is 4. The van der Waals surface area contributed by atoms with Crippen LogP contribution in [0.25, 0.3) is 0 Å². The molecule has 128 valence electrons. The highest BCUT2D eigenvalue weighted by atomic mass is 16.6. The van der Waals surface area contributed by atoms with E-state index in [0.717, 1.165) is 0 Å². The minimum absolute atomic E-state index is 0.185. The van der Waals surface area contributed by atoms with Crippen molar-refractivity contribution in [2.45, 2.75) is 51.9 Å². The van der Waals surface area contributed by atoms with Gasteiger partial charge in [0.25, 0.3) is 0 Å². The number of nitrogens with zero attached hydrogens (tertiary/aromatic N) is 2. The minimum Gasteiger partial charge on any atom is -0.444 e. The lowest BCUT2D eigenvalue weighted by molar-refractivity contribution is 0.00689. The molecule has 7 nitrogen and oxygen atoms in total. The summed E-state index contributed by atoms with van der Waals surface area (Å²) >= 11 is 0. The Hall–Kier alpha value is -1.50. The zero-order valence-electron chi connectivity index (χ0n) is 14.8. The predicted octanol–water partition coefficient (Wildman–Crippen LogP) is 1.20. The van der Waals surface area contributed by atoms with Gasteiger partial charge in [-0.25, -0.2) is 4.79 Å². The number of methoxy groups -OCH3 is 1. The molecule has 0 bridgehead atoms. The first kappa shape index (κ1) is 18.5. The molecule has 0 atom stereocenters. The van der Waals surface area contributed by atoms with Crippen molar-refractivity contribution in [1.82, 2.24) is 15.5 Å². The van der Waals surface area contributed by atoms with Crippen LogP contribution in [0.2, 0.25) is 0 Å². The third kappa shape index (κ3) is 6.09. The Morgan fingerprint density at radius 3 is 2.32 bits per heavy atom. The van der Waals surface area contributed by atoms with Crippen molar-refractivity contribution in [3.63, 3.8) is 0 Å². The Bertz CT molecular complexity index is 410. The summed E-state index contributed by atoms with van der Waals surface area (Å²) < 4.78 is 10.7. The van der Waals surface area contributed by atoms with Gasteiger partial charge in [0.1, 0.15) is 5.60 Å². The molecule has 0 aromatic rings. The first-order valence-electron chi connectivity index (χ1n) is 7.56. The van der Waals surface area contributed by atoms with E-state index in [-0.39, 0.29) is 17.7 Å². The van der Waals surface area contributed by atoms with Crippen LogP contribution in [0.15, 0.2) is 4.99 Å². The van der Waals surface area contributed by atoms with Crippen LogP contribution in [-0.2, 0) is 9.47 Å². The normalized spacial score (nSPS) is 17.0. The first-order valence-corrected chi connectivity index (χ1v) is 7.56. The van der Waals surface area contributed by atoms with Crippen LogP contribution in [0.3, 0.4) is 0 Å². The molecule has 2 N–H and O–H groups in total. The van der Waals surface area contributed by atoms with Gasteiger partial charge in [0.05, 0.1) is 11.6 Å². The number of carbonyl (C=O) groups excluding carboxylic acids is 1. The molecule has 0 aliphatic carbocycles. The molecule has 1 aliphatic rings. The van der Waals surface area contributed by atoms with Crippen LogP contribution in [0, 0.1) is 0 Å². The maximum atomic E-state index is 11.9. The Morgan fingerprint density at radius 2 is 1.86 bits per heavy atom. The van der Waals surface area contributed by atoms with Gasteiger partial charge in [-0.15, -0.1) is 0 Å². The highest BCUT2D eigenvalue weighted by Gasteiger charge is 2.34. The summed E-state index contributed by atoms with van der Waals surface area (Å²) in [5, 5.41) is 6.50. The zero-order valence-corrected chi connectivity index (χ0v) is 14.8. The number of nitrogens with one attached hydrogen (secondary N) is 2. The number of hydrogen-bond donors (Lipinski definition) is 2. The lowest BCUT2D eigenvalue weighted by Crippen LogP contribution is -2.63. The predicted molar refractivity (Wildman–Crippen MR) is 87.2 cm³/mol. The third-order valence-electron chi connectivity index (χ3n) is 3.33. The van der Waals surface area contributed by atoms with E-state index in [1.54, 1.807) is 19.1 Å². The largest absolute Gasteiger partial charge is 0.444 e. The molecule has 1 heterocycles. The van der Waals surface area contributed by atoms with Crippen molar-refractivity contribution in [3.8, 4) is 0 Å². The summed E-state index contributed by atoms with van der Waals surface area (Å²) in [4.78, 5) is 17.7. The van der Waals surface area contributed by atoms with Crippen LogP contribution in [-0.4, -0.2) is 68.0 Å². The van der Waals surface area contributed by atoms with Gasteiger partial charge in [0.2, 0.25) is 0 Å². The van der Waals surface area contributed by atoms with Crippen LogP contribution < -0.4 is 10.6 Å². The summed E-state index contributed by atoms with van der Waals surface area (Å²) in [5.74, 6) is 0.707. The quantitative estimate of drug-likeness (QED) is 0.602. The number of amides is 1. The zero-order chi connectivity index (χ0) is 17.0. The van der Waals surface area contributed by atoms with Crippen LogP contribution >= 0.6 is 0 Å². The number of aliphatic imine (C=N–C) groups is 1. The molecule has 0 saturated carbocycles. The van der Waals surface area contributed by atoms with Gasteiger partial charge in [0.15, 0.2) is 5.96 Å². The summed E-state index contributed by atoms with van der Waals surface area (Å²) in [5.41, 5.74) is -0.724. The number of carbonyl (C=O) groups is 1. The van der Waals surface area contributed by atoms with E-state index in [1.165, 1.54) is 0 Å². The summed E-state index contributed by atoms with van der Waals surface area (Å²) in [6, 6.07) is 0.185. The van der Waals surface area contributed by atoms with Crippen molar-refractivity contribution < 1.29 is 14.3 Å². The number of guanidine groups is 1. The highest BCUT2D eigenvalue weighted by molar-refractivity contribution is 5.80. The molecule has 7 heteroatoms. The Kier molecular flexibility index (Phi) is 6.05. The molecule has 1 fully saturated rings. The maximum Gasteiger partial charge on any atom is 0.410 e. The molecule has 0 radical (unpaired) electrons. The first-order chi connectivity index (χ1) is 10.1. The summed E-state index contributed by atoms with van der Waals surface area (Å²) in [6.07, 6.45) is -0.269. The van der Waals surface area contributed by atoms with Gasteiger partial charge < -0.3 is 25.0 Å². The Balaban J connectivity index is 2.33. The van der Waals surface area contributed by atoms with E-state index in [0.29, 0.717) is 25.6 Å². The average Bonchev–Trinajstić information content (AvgIpc) is 2.34. The topological polar surface area (TPSA) is 75.2 Å². The van der Waals surface area contributed by atoms with E-state index in [2.05, 4.69) is 15.6 Å². The maximum absolute atomic E-state index is 11.9. The van der Waals surface area contributed by atoms with E-state index in [4.69, 9.17) is 9.47 Å². The van der Waals surface area contributed by atoms with Gasteiger partial charge in [-0.1, -0.05) is 0 Å². The monoisotopic (exact) mass is 314 g/mol. The molecule has 0 unspecified atom stereocenters. The SMILES string of the molecule is CN=C(NCC(C)(C)OC)NC1CN(C(=O)OC(C)(C)C)C1. The smallest absolute Gasteiger partial charge is 0.410 e. The molecule has 0 aromatic heterocycles. The fourth-order valence-corrected chi connectivity index (χ4v) is 1.80. The van der Waals surface area contributed by atoms with Gasteiger partial charge in [-0.05, 0) is 34.6 Å². The second-order valence-electron chi connectivity index (χ2n) is 7.12. The third-order valence-corrected chi connectivity index (χ3v) is 3.33. The fraction of sp³-hybridized carbons (Fsp3) is 0.867. The molecule has 1 rings (SSSR count). The Morgan fingerprint density at radius 1 is 1.27 bits per heavy atom. The van der Waals surface area contributed by atoms with Crippen molar-refractivity contribution in [2.75, 3.05) is 33.8 Å². The van der Waals surface area contributed by atoms with E-state index in [9.17, 15) is 4.79 Å². The van der Waals surface area contributed by atoms with E-state index in [1.807, 2.05) is 34.6 Å². The highest BCUT2D eigenvalue weighted by Crippen LogP contribution is 2.15. The standard InChI is InChI=1S/C15H30N4O3/c1-14(2,3)22-13(20)19-8-11(9-19)18-12(16-6)17-10-15(4,5)21-7/h11H,8-10H2,1-7H3,(H2,16,17,18). The molecule has 1 amide bonds. The second-order valence-corrected chi connectivity index (χ2v) is 7.12. The molecular weight excluding hydrogens is 284 g/mol. The number of hydrogen-bond acceptors (Lipinski definition) is 4. The second kappa shape index (κ2) is 7.17. The van der Waals surface area contributed by atoms with Crippen molar-refractivity contribution >= 4 is 12.1 Å². The summed E-state index contributed by atoms with van der Waals surface area (Å²) in [6.45, 7) is 11.5. The molecule has 22 heavy (non-hydrogen) atoms. The Labute approximate surface area is 133 Å².